The summed E-state index contributed by atoms with van der Waals surface area (Å²) in [6, 6.07) is 4.13. The molecule has 0 radical (unpaired) electrons. The van der Waals surface area contributed by atoms with Gasteiger partial charge in [-0.05, 0) is 6.07 Å². The number of non-ortho nitro benzene ring substituents is 1. The minimum absolute atomic E-state index is 0.113. The van der Waals surface area contributed by atoms with Gasteiger partial charge in [-0.1, -0.05) is 31.9 Å². The molecule has 0 saturated heterocycles. The van der Waals surface area contributed by atoms with Crippen LogP contribution in [-0.4, -0.2) is 22.7 Å². The summed E-state index contributed by atoms with van der Waals surface area (Å²) in [6.45, 7) is 0.471. The molecule has 0 aliphatic heterocycles. The molecule has 5 nitrogen and oxygen atoms in total. The maximum Gasteiger partial charge on any atom is 0.271 e. The van der Waals surface area contributed by atoms with Gasteiger partial charge < -0.3 is 5.32 Å². The standard InChI is InChI=1S/C9H8Br2N2O3/c10-1-2-12-9(14)6-3-7(11)5-8(4-6)13(15)16/h3-5H,1-2H2,(H,12,14). The molecule has 0 heterocycles. The number of halogens is 2. The second kappa shape index (κ2) is 5.95. The van der Waals surface area contributed by atoms with Crippen LogP contribution in [0.25, 0.3) is 0 Å². The van der Waals surface area contributed by atoms with Gasteiger partial charge in [0.2, 0.25) is 0 Å². The normalized spacial score (nSPS) is 9.88. The molecule has 7 heteroatoms. The fourth-order valence-corrected chi connectivity index (χ4v) is 1.75. The molecule has 0 fully saturated rings. The van der Waals surface area contributed by atoms with E-state index in [1.54, 1.807) is 0 Å². The Morgan fingerprint density at radius 3 is 2.69 bits per heavy atom. The Morgan fingerprint density at radius 2 is 2.12 bits per heavy atom. The molecule has 0 aliphatic carbocycles. The molecule has 1 amide bonds. The lowest BCUT2D eigenvalue weighted by Gasteiger charge is -2.03. The Labute approximate surface area is 109 Å². The number of rotatable bonds is 4. The van der Waals surface area contributed by atoms with Crippen molar-refractivity contribution in [3.63, 3.8) is 0 Å². The molecule has 0 unspecified atom stereocenters. The Morgan fingerprint density at radius 1 is 1.44 bits per heavy atom. The molecule has 0 bridgehead atoms. The molecule has 1 N–H and O–H groups in total. The predicted molar refractivity (Wildman–Crippen MR) is 66.9 cm³/mol. The summed E-state index contributed by atoms with van der Waals surface area (Å²) in [7, 11) is 0. The number of carbonyl (C=O) groups is 1. The molecule has 0 aromatic heterocycles. The highest BCUT2D eigenvalue weighted by atomic mass is 79.9. The smallest absolute Gasteiger partial charge is 0.271 e. The fraction of sp³-hybridized carbons (Fsp3) is 0.222. The van der Waals surface area contributed by atoms with Crippen molar-refractivity contribution < 1.29 is 9.72 Å². The van der Waals surface area contributed by atoms with Crippen LogP contribution in [0.4, 0.5) is 5.69 Å². The molecule has 1 aromatic rings. The predicted octanol–water partition coefficient (Wildman–Crippen LogP) is 2.48. The molecule has 1 aromatic carbocycles. The lowest BCUT2D eigenvalue weighted by atomic mass is 10.2. The molecule has 0 spiro atoms. The topological polar surface area (TPSA) is 72.2 Å². The lowest BCUT2D eigenvalue weighted by Crippen LogP contribution is -2.25. The number of benzene rings is 1. The number of alkyl halides is 1. The minimum Gasteiger partial charge on any atom is -0.351 e. The van der Waals surface area contributed by atoms with Crippen molar-refractivity contribution in [1.82, 2.24) is 5.32 Å². The number of carbonyl (C=O) groups excluding carboxylic acids is 1. The monoisotopic (exact) mass is 350 g/mol. The largest absolute Gasteiger partial charge is 0.351 e. The third kappa shape index (κ3) is 3.57. The van der Waals surface area contributed by atoms with Crippen molar-refractivity contribution in [1.29, 1.82) is 0 Å². The van der Waals surface area contributed by atoms with E-state index < -0.39 is 4.92 Å². The van der Waals surface area contributed by atoms with Crippen LogP contribution in [0.1, 0.15) is 10.4 Å². The van der Waals surface area contributed by atoms with E-state index in [4.69, 9.17) is 0 Å². The van der Waals surface area contributed by atoms with Crippen LogP contribution >= 0.6 is 31.9 Å². The zero-order valence-electron chi connectivity index (χ0n) is 8.07. The average molecular weight is 352 g/mol. The number of nitrogens with zero attached hydrogens (tertiary/aromatic N) is 1. The molecule has 1 rings (SSSR count). The van der Waals surface area contributed by atoms with Crippen LogP contribution in [-0.2, 0) is 0 Å². The van der Waals surface area contributed by atoms with E-state index >= 15 is 0 Å². The van der Waals surface area contributed by atoms with Crippen LogP contribution in [0.2, 0.25) is 0 Å². The minimum atomic E-state index is -0.536. The highest BCUT2D eigenvalue weighted by Crippen LogP contribution is 2.21. The summed E-state index contributed by atoms with van der Waals surface area (Å²) < 4.78 is 0.505. The highest BCUT2D eigenvalue weighted by Gasteiger charge is 2.13. The summed E-state index contributed by atoms with van der Waals surface area (Å²) in [5.74, 6) is -0.330. The van der Waals surface area contributed by atoms with Crippen LogP contribution < -0.4 is 5.32 Å². The van der Waals surface area contributed by atoms with Crippen LogP contribution in [0, 0.1) is 10.1 Å². The van der Waals surface area contributed by atoms with E-state index in [0.29, 0.717) is 16.3 Å². The third-order valence-corrected chi connectivity index (χ3v) is 2.59. The zero-order valence-corrected chi connectivity index (χ0v) is 11.2. The van der Waals surface area contributed by atoms with Gasteiger partial charge in [-0.15, -0.1) is 0 Å². The van der Waals surface area contributed by atoms with E-state index in [9.17, 15) is 14.9 Å². The Bertz CT molecular complexity index is 423. The first-order valence-electron chi connectivity index (χ1n) is 4.33. The number of nitrogens with one attached hydrogen (secondary N) is 1. The van der Waals surface area contributed by atoms with Crippen molar-refractivity contribution in [2.75, 3.05) is 11.9 Å². The van der Waals surface area contributed by atoms with Gasteiger partial charge in [0.05, 0.1) is 4.92 Å². The molecular weight excluding hydrogens is 344 g/mol. The van der Waals surface area contributed by atoms with Gasteiger partial charge in [-0.3, -0.25) is 14.9 Å². The Hall–Kier alpha value is -0.950. The molecule has 86 valence electrons. The van der Waals surface area contributed by atoms with Gasteiger partial charge in [0, 0.05) is 34.0 Å². The second-order valence-corrected chi connectivity index (χ2v) is 4.61. The van der Waals surface area contributed by atoms with Gasteiger partial charge >= 0.3 is 0 Å². The van der Waals surface area contributed by atoms with Crippen molar-refractivity contribution in [2.45, 2.75) is 0 Å². The maximum atomic E-state index is 11.6. The summed E-state index contributed by atoms with van der Waals surface area (Å²) in [5, 5.41) is 13.8. The molecule has 0 aliphatic rings. The summed E-state index contributed by atoms with van der Waals surface area (Å²) in [5.41, 5.74) is 0.153. The van der Waals surface area contributed by atoms with Gasteiger partial charge in [0.1, 0.15) is 0 Å². The number of nitro groups is 1. The van der Waals surface area contributed by atoms with Crippen LogP contribution in [0.15, 0.2) is 22.7 Å². The molecule has 0 saturated carbocycles. The lowest BCUT2D eigenvalue weighted by molar-refractivity contribution is -0.385. The van der Waals surface area contributed by atoms with Crippen molar-refractivity contribution in [3.8, 4) is 0 Å². The fourth-order valence-electron chi connectivity index (χ4n) is 1.07. The number of hydrogen-bond donors (Lipinski definition) is 1. The number of amides is 1. The summed E-state index contributed by atoms with van der Waals surface area (Å²) in [6.07, 6.45) is 0. The van der Waals surface area contributed by atoms with Crippen LogP contribution in [0.5, 0.6) is 0 Å². The van der Waals surface area contributed by atoms with Gasteiger partial charge in [0.15, 0.2) is 0 Å². The maximum absolute atomic E-state index is 11.6. The third-order valence-electron chi connectivity index (χ3n) is 1.74. The van der Waals surface area contributed by atoms with Crippen molar-refractivity contribution in [2.24, 2.45) is 0 Å². The Balaban J connectivity index is 2.95. The number of hydrogen-bond acceptors (Lipinski definition) is 3. The second-order valence-electron chi connectivity index (χ2n) is 2.90. The van der Waals surface area contributed by atoms with Crippen molar-refractivity contribution in [3.05, 3.63) is 38.3 Å². The zero-order chi connectivity index (χ0) is 12.1. The SMILES string of the molecule is O=C(NCCBr)c1cc(Br)cc([N+](=O)[O-])c1. The van der Waals surface area contributed by atoms with E-state index in [0.717, 1.165) is 0 Å². The Kier molecular flexibility index (Phi) is 4.88. The van der Waals surface area contributed by atoms with E-state index in [2.05, 4.69) is 37.2 Å². The first-order chi connectivity index (χ1) is 7.54. The van der Waals surface area contributed by atoms with Crippen molar-refractivity contribution >= 4 is 43.5 Å². The molecular formula is C9H8Br2N2O3. The quantitative estimate of drug-likeness (QED) is 0.514. The van der Waals surface area contributed by atoms with E-state index in [1.807, 2.05) is 0 Å². The van der Waals surface area contributed by atoms with E-state index in [1.165, 1.54) is 18.2 Å². The first kappa shape index (κ1) is 13.1. The summed E-state index contributed by atoms with van der Waals surface area (Å²) >= 11 is 6.29. The van der Waals surface area contributed by atoms with Gasteiger partial charge in [0.25, 0.3) is 11.6 Å². The van der Waals surface area contributed by atoms with E-state index in [-0.39, 0.29) is 17.2 Å². The molecule has 16 heavy (non-hydrogen) atoms. The molecule has 0 atom stereocenters. The summed E-state index contributed by atoms with van der Waals surface area (Å²) in [4.78, 5) is 21.6. The first-order valence-corrected chi connectivity index (χ1v) is 6.25. The number of nitro benzene ring substituents is 1. The van der Waals surface area contributed by atoms with Gasteiger partial charge in [-0.25, -0.2) is 0 Å². The highest BCUT2D eigenvalue weighted by molar-refractivity contribution is 9.10. The van der Waals surface area contributed by atoms with Gasteiger partial charge in [-0.2, -0.15) is 0 Å². The van der Waals surface area contributed by atoms with Crippen LogP contribution in [0.3, 0.4) is 0 Å². The average Bonchev–Trinajstić information content (AvgIpc) is 2.24.